The molecule has 0 spiro atoms. The van der Waals surface area contributed by atoms with Gasteiger partial charge in [-0.3, -0.25) is 4.98 Å². The molecule has 1 aliphatic carbocycles. The Kier molecular flexibility index (Phi) is 2.83. The molecule has 18 heavy (non-hydrogen) atoms. The summed E-state index contributed by atoms with van der Waals surface area (Å²) in [5.74, 6) is 0.757. The van der Waals surface area contributed by atoms with Crippen molar-refractivity contribution in [2.24, 2.45) is 0 Å². The summed E-state index contributed by atoms with van der Waals surface area (Å²) in [4.78, 5) is 8.45. The number of rotatable bonds is 2. The Morgan fingerprint density at radius 1 is 1.17 bits per heavy atom. The molecule has 1 N–H and O–H groups in total. The molecule has 3 rings (SSSR count). The molecular formula is C13H15N3O2. The monoisotopic (exact) mass is 245 g/mol. The predicted molar refractivity (Wildman–Crippen MR) is 64.5 cm³/mol. The van der Waals surface area contributed by atoms with Gasteiger partial charge in [-0.15, -0.1) is 0 Å². The molecule has 5 nitrogen and oxygen atoms in total. The van der Waals surface area contributed by atoms with E-state index in [1.807, 2.05) is 18.2 Å². The maximum absolute atomic E-state index is 10.5. The van der Waals surface area contributed by atoms with Crippen molar-refractivity contribution in [2.75, 3.05) is 0 Å². The SMILES string of the molecule is OC1(c2nc(-c3ccccn3)no2)CCCCC1. The van der Waals surface area contributed by atoms with Gasteiger partial charge in [0, 0.05) is 6.20 Å². The summed E-state index contributed by atoms with van der Waals surface area (Å²) >= 11 is 0. The Labute approximate surface area is 105 Å². The largest absolute Gasteiger partial charge is 0.380 e. The number of aromatic nitrogens is 3. The summed E-state index contributed by atoms with van der Waals surface area (Å²) < 4.78 is 5.21. The van der Waals surface area contributed by atoms with E-state index in [1.54, 1.807) is 6.20 Å². The van der Waals surface area contributed by atoms with Gasteiger partial charge in [0.05, 0.1) is 0 Å². The van der Waals surface area contributed by atoms with E-state index in [0.717, 1.165) is 19.3 Å². The first kappa shape index (κ1) is 11.3. The summed E-state index contributed by atoms with van der Waals surface area (Å²) in [5.41, 5.74) is -0.287. The molecule has 0 bridgehead atoms. The number of hydrogen-bond acceptors (Lipinski definition) is 5. The zero-order chi connectivity index (χ0) is 12.4. The molecule has 0 saturated heterocycles. The lowest BCUT2D eigenvalue weighted by molar-refractivity contribution is -0.0287. The molecule has 94 valence electrons. The highest BCUT2D eigenvalue weighted by Crippen LogP contribution is 2.36. The Morgan fingerprint density at radius 2 is 2.00 bits per heavy atom. The maximum atomic E-state index is 10.5. The predicted octanol–water partition coefficient (Wildman–Crippen LogP) is 2.28. The van der Waals surface area contributed by atoms with Gasteiger partial charge in [-0.25, -0.2) is 0 Å². The Balaban J connectivity index is 1.89. The lowest BCUT2D eigenvalue weighted by Gasteiger charge is -2.27. The minimum atomic E-state index is -0.946. The smallest absolute Gasteiger partial charge is 0.258 e. The van der Waals surface area contributed by atoms with Crippen molar-refractivity contribution in [1.82, 2.24) is 15.1 Å². The van der Waals surface area contributed by atoms with Gasteiger partial charge in [-0.2, -0.15) is 4.98 Å². The van der Waals surface area contributed by atoms with Crippen LogP contribution in [0.5, 0.6) is 0 Å². The third-order valence-electron chi connectivity index (χ3n) is 3.40. The Bertz CT molecular complexity index is 518. The zero-order valence-corrected chi connectivity index (χ0v) is 10.0. The van der Waals surface area contributed by atoms with Crippen molar-refractivity contribution in [3.8, 4) is 11.5 Å². The lowest BCUT2D eigenvalue weighted by atomic mass is 9.85. The van der Waals surface area contributed by atoms with Crippen LogP contribution >= 0.6 is 0 Å². The molecule has 0 atom stereocenters. The molecule has 0 unspecified atom stereocenters. The molecular weight excluding hydrogens is 230 g/mol. The summed E-state index contributed by atoms with van der Waals surface area (Å²) in [5, 5.41) is 14.4. The van der Waals surface area contributed by atoms with Crippen LogP contribution in [0.1, 0.15) is 38.0 Å². The Morgan fingerprint density at radius 3 is 2.72 bits per heavy atom. The molecule has 0 aliphatic heterocycles. The van der Waals surface area contributed by atoms with Crippen LogP contribution in [0.15, 0.2) is 28.9 Å². The van der Waals surface area contributed by atoms with E-state index in [4.69, 9.17) is 4.52 Å². The van der Waals surface area contributed by atoms with Crippen LogP contribution in [-0.4, -0.2) is 20.2 Å². The summed E-state index contributed by atoms with van der Waals surface area (Å²) in [6.07, 6.45) is 6.22. The summed E-state index contributed by atoms with van der Waals surface area (Å²) in [7, 11) is 0. The van der Waals surface area contributed by atoms with Crippen LogP contribution in [0.25, 0.3) is 11.5 Å². The molecule has 1 aliphatic rings. The first-order chi connectivity index (χ1) is 8.78. The second-order valence-electron chi connectivity index (χ2n) is 4.73. The van der Waals surface area contributed by atoms with E-state index < -0.39 is 5.60 Å². The third kappa shape index (κ3) is 2.01. The molecule has 5 heteroatoms. The highest BCUT2D eigenvalue weighted by molar-refractivity contribution is 5.47. The van der Waals surface area contributed by atoms with Crippen LogP contribution in [-0.2, 0) is 5.60 Å². The molecule has 0 radical (unpaired) electrons. The molecule has 1 fully saturated rings. The fourth-order valence-corrected chi connectivity index (χ4v) is 2.36. The standard InChI is InChI=1S/C13H15N3O2/c17-13(7-3-1-4-8-13)12-15-11(16-18-12)10-6-2-5-9-14-10/h2,5-6,9,17H,1,3-4,7-8H2. The van der Waals surface area contributed by atoms with Gasteiger partial charge in [0.1, 0.15) is 11.3 Å². The van der Waals surface area contributed by atoms with Crippen LogP contribution in [0.4, 0.5) is 0 Å². The minimum absolute atomic E-state index is 0.322. The van der Waals surface area contributed by atoms with Crippen LogP contribution < -0.4 is 0 Å². The van der Waals surface area contributed by atoms with E-state index in [0.29, 0.717) is 30.3 Å². The zero-order valence-electron chi connectivity index (χ0n) is 10.0. The quantitative estimate of drug-likeness (QED) is 0.878. The number of hydrogen-bond donors (Lipinski definition) is 1. The second kappa shape index (κ2) is 4.49. The number of aliphatic hydroxyl groups is 1. The van der Waals surface area contributed by atoms with Crippen LogP contribution in [0.3, 0.4) is 0 Å². The number of pyridine rings is 1. The summed E-state index contributed by atoms with van der Waals surface area (Å²) in [6, 6.07) is 5.52. The first-order valence-electron chi connectivity index (χ1n) is 6.26. The summed E-state index contributed by atoms with van der Waals surface area (Å²) in [6.45, 7) is 0. The van der Waals surface area contributed by atoms with E-state index in [-0.39, 0.29) is 0 Å². The molecule has 2 heterocycles. The van der Waals surface area contributed by atoms with Crippen LogP contribution in [0.2, 0.25) is 0 Å². The van der Waals surface area contributed by atoms with Gasteiger partial charge in [0.2, 0.25) is 5.82 Å². The highest BCUT2D eigenvalue weighted by Gasteiger charge is 2.37. The van der Waals surface area contributed by atoms with Crippen molar-refractivity contribution in [2.45, 2.75) is 37.7 Å². The van der Waals surface area contributed by atoms with Gasteiger partial charge in [0.15, 0.2) is 0 Å². The average Bonchev–Trinajstić information content (AvgIpc) is 2.91. The topological polar surface area (TPSA) is 72.0 Å². The molecule has 0 amide bonds. The molecule has 2 aromatic rings. The van der Waals surface area contributed by atoms with E-state index in [9.17, 15) is 5.11 Å². The third-order valence-corrected chi connectivity index (χ3v) is 3.40. The van der Waals surface area contributed by atoms with Crippen molar-refractivity contribution in [3.63, 3.8) is 0 Å². The van der Waals surface area contributed by atoms with E-state index in [1.165, 1.54) is 0 Å². The van der Waals surface area contributed by atoms with Crippen molar-refractivity contribution in [1.29, 1.82) is 0 Å². The van der Waals surface area contributed by atoms with Gasteiger partial charge in [0.25, 0.3) is 5.89 Å². The molecule has 1 saturated carbocycles. The van der Waals surface area contributed by atoms with E-state index >= 15 is 0 Å². The van der Waals surface area contributed by atoms with Gasteiger partial charge < -0.3 is 9.63 Å². The lowest BCUT2D eigenvalue weighted by Crippen LogP contribution is -2.28. The second-order valence-corrected chi connectivity index (χ2v) is 4.73. The van der Waals surface area contributed by atoms with Gasteiger partial charge >= 0.3 is 0 Å². The van der Waals surface area contributed by atoms with E-state index in [2.05, 4.69) is 15.1 Å². The average molecular weight is 245 g/mol. The fraction of sp³-hybridized carbons (Fsp3) is 0.462. The minimum Gasteiger partial charge on any atom is -0.380 e. The van der Waals surface area contributed by atoms with Gasteiger partial charge in [-0.05, 0) is 25.0 Å². The van der Waals surface area contributed by atoms with Crippen LogP contribution in [0, 0.1) is 0 Å². The highest BCUT2D eigenvalue weighted by atomic mass is 16.5. The molecule has 0 aromatic carbocycles. The van der Waals surface area contributed by atoms with Gasteiger partial charge in [-0.1, -0.05) is 30.5 Å². The fourth-order valence-electron chi connectivity index (χ4n) is 2.36. The normalized spacial score (nSPS) is 18.7. The number of nitrogens with zero attached hydrogens (tertiary/aromatic N) is 3. The molecule has 2 aromatic heterocycles. The van der Waals surface area contributed by atoms with Crippen molar-refractivity contribution >= 4 is 0 Å². The first-order valence-corrected chi connectivity index (χ1v) is 6.26. The Hall–Kier alpha value is -1.75. The van der Waals surface area contributed by atoms with Crippen molar-refractivity contribution < 1.29 is 9.63 Å². The maximum Gasteiger partial charge on any atom is 0.258 e. The van der Waals surface area contributed by atoms with Crippen molar-refractivity contribution in [3.05, 3.63) is 30.3 Å².